The summed E-state index contributed by atoms with van der Waals surface area (Å²) >= 11 is 0. The van der Waals surface area contributed by atoms with E-state index < -0.39 is 10.0 Å². The van der Waals surface area contributed by atoms with Gasteiger partial charge in [-0.05, 0) is 56.0 Å². The number of nitrogens with one attached hydrogen (secondary N) is 2. The summed E-state index contributed by atoms with van der Waals surface area (Å²) in [7, 11) is -3.56. The fourth-order valence-corrected chi connectivity index (χ4v) is 5.10. The fraction of sp³-hybridized carbons (Fsp3) is 0.435. The van der Waals surface area contributed by atoms with E-state index in [-0.39, 0.29) is 29.5 Å². The van der Waals surface area contributed by atoms with Gasteiger partial charge in [0.15, 0.2) is 6.61 Å². The number of hydrogen-bond donors (Lipinski definition) is 2. The summed E-state index contributed by atoms with van der Waals surface area (Å²) in [6, 6.07) is 14.3. The maximum absolute atomic E-state index is 12.7. The van der Waals surface area contributed by atoms with E-state index in [1.54, 1.807) is 19.1 Å². The molecule has 0 spiro atoms. The molecular weight excluding hydrogens is 400 g/mol. The zero-order chi connectivity index (χ0) is 21.6. The number of sulfonamides is 1. The largest absolute Gasteiger partial charge is 0.484 e. The number of carbonyl (C=O) groups excluding carboxylic acids is 1. The standard InChI is InChI=1S/C23H30N2O4S/c1-17-15-21(30(27,28)25-20-11-7-4-8-12-20)13-14-22(17)29-16-23(26)24-18(2)19-9-5-3-6-10-19/h3,5-6,9-10,13-15,18,20,25H,4,7-8,11-12,16H2,1-2H3,(H,24,26)/t18-/m0/s1. The highest BCUT2D eigenvalue weighted by Crippen LogP contribution is 2.24. The molecule has 0 radical (unpaired) electrons. The van der Waals surface area contributed by atoms with Crippen LogP contribution in [0.5, 0.6) is 5.75 Å². The van der Waals surface area contributed by atoms with Crippen LogP contribution in [-0.2, 0) is 14.8 Å². The summed E-state index contributed by atoms with van der Waals surface area (Å²) in [6.45, 7) is 3.56. The topological polar surface area (TPSA) is 84.5 Å². The Morgan fingerprint density at radius 1 is 1.10 bits per heavy atom. The number of carbonyl (C=O) groups is 1. The van der Waals surface area contributed by atoms with Crippen molar-refractivity contribution in [2.24, 2.45) is 0 Å². The molecule has 1 amide bonds. The molecule has 30 heavy (non-hydrogen) atoms. The lowest BCUT2D eigenvalue weighted by Gasteiger charge is -2.22. The van der Waals surface area contributed by atoms with Crippen LogP contribution >= 0.6 is 0 Å². The fourth-order valence-electron chi connectivity index (χ4n) is 3.71. The molecule has 0 saturated heterocycles. The lowest BCUT2D eigenvalue weighted by atomic mass is 9.96. The van der Waals surface area contributed by atoms with Crippen molar-refractivity contribution in [3.8, 4) is 5.75 Å². The van der Waals surface area contributed by atoms with Gasteiger partial charge < -0.3 is 10.1 Å². The van der Waals surface area contributed by atoms with Crippen molar-refractivity contribution in [2.45, 2.75) is 62.9 Å². The zero-order valence-electron chi connectivity index (χ0n) is 17.6. The molecule has 2 N–H and O–H groups in total. The third kappa shape index (κ3) is 6.06. The molecule has 1 atom stereocenters. The zero-order valence-corrected chi connectivity index (χ0v) is 18.4. The Morgan fingerprint density at radius 2 is 1.80 bits per heavy atom. The van der Waals surface area contributed by atoms with E-state index >= 15 is 0 Å². The van der Waals surface area contributed by atoms with E-state index in [1.165, 1.54) is 12.5 Å². The van der Waals surface area contributed by atoms with Gasteiger partial charge in [0.2, 0.25) is 10.0 Å². The van der Waals surface area contributed by atoms with Gasteiger partial charge in [0, 0.05) is 6.04 Å². The maximum Gasteiger partial charge on any atom is 0.258 e. The first-order valence-corrected chi connectivity index (χ1v) is 11.9. The highest BCUT2D eigenvalue weighted by Gasteiger charge is 2.22. The van der Waals surface area contributed by atoms with Crippen molar-refractivity contribution < 1.29 is 17.9 Å². The Balaban J connectivity index is 1.56. The Morgan fingerprint density at radius 3 is 2.47 bits per heavy atom. The molecule has 1 aliphatic carbocycles. The second-order valence-electron chi connectivity index (χ2n) is 7.87. The van der Waals surface area contributed by atoms with Crippen LogP contribution in [0.2, 0.25) is 0 Å². The van der Waals surface area contributed by atoms with Gasteiger partial charge in [-0.25, -0.2) is 13.1 Å². The number of aryl methyl sites for hydroxylation is 1. The molecule has 6 nitrogen and oxygen atoms in total. The van der Waals surface area contributed by atoms with Crippen LogP contribution in [0.4, 0.5) is 0 Å². The minimum Gasteiger partial charge on any atom is -0.484 e. The van der Waals surface area contributed by atoms with Crippen molar-refractivity contribution >= 4 is 15.9 Å². The molecule has 1 fully saturated rings. The molecule has 7 heteroatoms. The second kappa shape index (κ2) is 10.1. The van der Waals surface area contributed by atoms with Gasteiger partial charge in [0.05, 0.1) is 10.9 Å². The Bertz CT molecular complexity index is 954. The van der Waals surface area contributed by atoms with Crippen LogP contribution in [0.1, 0.15) is 56.2 Å². The highest BCUT2D eigenvalue weighted by molar-refractivity contribution is 7.89. The van der Waals surface area contributed by atoms with Crippen LogP contribution in [0, 0.1) is 6.92 Å². The number of hydrogen-bond acceptors (Lipinski definition) is 4. The van der Waals surface area contributed by atoms with Crippen LogP contribution in [0.15, 0.2) is 53.4 Å². The van der Waals surface area contributed by atoms with E-state index in [0.717, 1.165) is 31.2 Å². The lowest BCUT2D eigenvalue weighted by molar-refractivity contribution is -0.123. The monoisotopic (exact) mass is 430 g/mol. The minimum absolute atomic E-state index is 0.00952. The van der Waals surface area contributed by atoms with Gasteiger partial charge in [-0.15, -0.1) is 0 Å². The molecule has 0 unspecified atom stereocenters. The van der Waals surface area contributed by atoms with Crippen LogP contribution in [0.25, 0.3) is 0 Å². The minimum atomic E-state index is -3.56. The summed E-state index contributed by atoms with van der Waals surface area (Å²) in [5.41, 5.74) is 1.69. The van der Waals surface area contributed by atoms with Gasteiger partial charge in [0.25, 0.3) is 5.91 Å². The molecular formula is C23H30N2O4S. The number of ether oxygens (including phenoxy) is 1. The Hall–Kier alpha value is -2.38. The van der Waals surface area contributed by atoms with E-state index in [1.807, 2.05) is 37.3 Å². The van der Waals surface area contributed by atoms with Gasteiger partial charge in [-0.2, -0.15) is 0 Å². The van der Waals surface area contributed by atoms with Crippen molar-refractivity contribution in [2.75, 3.05) is 6.61 Å². The second-order valence-corrected chi connectivity index (χ2v) is 9.59. The van der Waals surface area contributed by atoms with E-state index in [4.69, 9.17) is 4.74 Å². The first kappa shape index (κ1) is 22.3. The van der Waals surface area contributed by atoms with Crippen LogP contribution in [0.3, 0.4) is 0 Å². The summed E-state index contributed by atoms with van der Waals surface area (Å²) < 4.78 is 33.8. The smallest absolute Gasteiger partial charge is 0.258 e. The lowest BCUT2D eigenvalue weighted by Crippen LogP contribution is -2.36. The highest BCUT2D eigenvalue weighted by atomic mass is 32.2. The van der Waals surface area contributed by atoms with Gasteiger partial charge >= 0.3 is 0 Å². The predicted octanol–water partition coefficient (Wildman–Crippen LogP) is 3.86. The quantitative estimate of drug-likeness (QED) is 0.666. The van der Waals surface area contributed by atoms with E-state index in [2.05, 4.69) is 10.0 Å². The summed E-state index contributed by atoms with van der Waals surface area (Å²) in [4.78, 5) is 12.4. The van der Waals surface area contributed by atoms with E-state index in [9.17, 15) is 13.2 Å². The third-order valence-electron chi connectivity index (χ3n) is 5.42. The van der Waals surface area contributed by atoms with Crippen molar-refractivity contribution in [1.82, 2.24) is 10.0 Å². The Kier molecular flexibility index (Phi) is 7.50. The molecule has 1 saturated carbocycles. The first-order valence-electron chi connectivity index (χ1n) is 10.5. The van der Waals surface area contributed by atoms with Crippen molar-refractivity contribution in [1.29, 1.82) is 0 Å². The summed E-state index contributed by atoms with van der Waals surface area (Å²) in [6.07, 6.45) is 5.06. The molecule has 3 rings (SSSR count). The van der Waals surface area contributed by atoms with Gasteiger partial charge in [0.1, 0.15) is 5.75 Å². The van der Waals surface area contributed by atoms with E-state index in [0.29, 0.717) is 11.3 Å². The third-order valence-corrected chi connectivity index (χ3v) is 6.94. The number of amides is 1. The Labute approximate surface area is 179 Å². The van der Waals surface area contributed by atoms with Gasteiger partial charge in [-0.1, -0.05) is 49.6 Å². The average Bonchev–Trinajstić information content (AvgIpc) is 2.74. The summed E-state index contributed by atoms with van der Waals surface area (Å²) in [5, 5.41) is 2.90. The molecule has 2 aromatic carbocycles. The molecule has 0 bridgehead atoms. The molecule has 1 aliphatic rings. The summed E-state index contributed by atoms with van der Waals surface area (Å²) in [5.74, 6) is 0.260. The van der Waals surface area contributed by atoms with Crippen molar-refractivity contribution in [3.05, 3.63) is 59.7 Å². The normalized spacial score (nSPS) is 16.1. The predicted molar refractivity (Wildman–Crippen MR) is 117 cm³/mol. The van der Waals surface area contributed by atoms with Gasteiger partial charge in [-0.3, -0.25) is 4.79 Å². The maximum atomic E-state index is 12.7. The van der Waals surface area contributed by atoms with Crippen LogP contribution in [-0.4, -0.2) is 27.0 Å². The van der Waals surface area contributed by atoms with Crippen molar-refractivity contribution in [3.63, 3.8) is 0 Å². The molecule has 0 aromatic heterocycles. The molecule has 162 valence electrons. The number of benzene rings is 2. The molecule has 0 heterocycles. The molecule has 2 aromatic rings. The number of rotatable bonds is 8. The SMILES string of the molecule is Cc1cc(S(=O)(=O)NC2CCCCC2)ccc1OCC(=O)N[C@@H](C)c1ccccc1. The first-order chi connectivity index (χ1) is 14.3. The van der Waals surface area contributed by atoms with Crippen LogP contribution < -0.4 is 14.8 Å². The average molecular weight is 431 g/mol. The molecule has 0 aliphatic heterocycles.